The number of nitrogens with one attached hydrogen (secondary N) is 1. The second kappa shape index (κ2) is 8.86. The van der Waals surface area contributed by atoms with Crippen LogP contribution in [-0.4, -0.2) is 63.5 Å². The molecule has 0 aromatic heterocycles. The van der Waals surface area contributed by atoms with Crippen molar-refractivity contribution in [3.63, 3.8) is 0 Å². The average Bonchev–Trinajstić information content (AvgIpc) is 2.52. The van der Waals surface area contributed by atoms with E-state index in [1.54, 1.807) is 7.11 Å². The number of hydrogen-bond donors (Lipinski definition) is 1. The zero-order chi connectivity index (χ0) is 13.4. The Hall–Kier alpha value is -0.160. The van der Waals surface area contributed by atoms with Gasteiger partial charge in [-0.3, -0.25) is 4.90 Å². The lowest BCUT2D eigenvalue weighted by Gasteiger charge is -2.30. The van der Waals surface area contributed by atoms with E-state index >= 15 is 0 Å². The van der Waals surface area contributed by atoms with Crippen LogP contribution in [0.3, 0.4) is 0 Å². The van der Waals surface area contributed by atoms with Crippen LogP contribution in [0.2, 0.25) is 0 Å². The molecule has 0 amide bonds. The first-order valence-electron chi connectivity index (χ1n) is 7.19. The van der Waals surface area contributed by atoms with Gasteiger partial charge in [0.2, 0.25) is 0 Å². The fourth-order valence-electron chi connectivity index (χ4n) is 2.34. The van der Waals surface area contributed by atoms with Crippen molar-refractivity contribution >= 4 is 0 Å². The van der Waals surface area contributed by atoms with Crippen LogP contribution in [0, 0.1) is 5.92 Å². The molecule has 2 unspecified atom stereocenters. The summed E-state index contributed by atoms with van der Waals surface area (Å²) in [5.74, 6) is 0.687. The molecule has 0 aliphatic carbocycles. The second-order valence-electron chi connectivity index (χ2n) is 5.54. The predicted molar refractivity (Wildman–Crippen MR) is 75.0 cm³/mol. The molecule has 1 fully saturated rings. The smallest absolute Gasteiger partial charge is 0.0700 e. The normalized spacial score (nSPS) is 26.5. The van der Waals surface area contributed by atoms with E-state index in [0.717, 1.165) is 26.2 Å². The average molecular weight is 258 g/mol. The van der Waals surface area contributed by atoms with E-state index in [9.17, 15) is 0 Å². The Morgan fingerprint density at radius 2 is 2.06 bits per heavy atom. The van der Waals surface area contributed by atoms with E-state index in [1.165, 1.54) is 6.42 Å². The third-order valence-corrected chi connectivity index (χ3v) is 3.78. The molecule has 108 valence electrons. The predicted octanol–water partition coefficient (Wildman–Crippen LogP) is 1.36. The van der Waals surface area contributed by atoms with Crippen molar-refractivity contribution in [1.29, 1.82) is 0 Å². The van der Waals surface area contributed by atoms with Gasteiger partial charge in [0.1, 0.15) is 0 Å². The Morgan fingerprint density at radius 3 is 2.72 bits per heavy atom. The van der Waals surface area contributed by atoms with Crippen molar-refractivity contribution < 1.29 is 9.47 Å². The largest absolute Gasteiger partial charge is 0.382 e. The lowest BCUT2D eigenvalue weighted by atomic mass is 10.0. The van der Waals surface area contributed by atoms with Gasteiger partial charge in [-0.25, -0.2) is 0 Å². The summed E-state index contributed by atoms with van der Waals surface area (Å²) in [4.78, 5) is 2.55. The molecule has 1 aliphatic rings. The molecular formula is C14H30N2O2. The highest BCUT2D eigenvalue weighted by molar-refractivity contribution is 4.82. The number of nitrogens with zero attached hydrogens (tertiary/aromatic N) is 1. The molecule has 1 rings (SSSR count). The van der Waals surface area contributed by atoms with Gasteiger partial charge in [-0.2, -0.15) is 0 Å². The topological polar surface area (TPSA) is 33.7 Å². The van der Waals surface area contributed by atoms with Crippen molar-refractivity contribution in [1.82, 2.24) is 10.2 Å². The lowest BCUT2D eigenvalue weighted by Crippen LogP contribution is -2.44. The van der Waals surface area contributed by atoms with Gasteiger partial charge >= 0.3 is 0 Å². The van der Waals surface area contributed by atoms with Gasteiger partial charge in [0.05, 0.1) is 19.8 Å². The Labute approximate surface area is 112 Å². The number of ether oxygens (including phenoxy) is 2. The lowest BCUT2D eigenvalue weighted by molar-refractivity contribution is 0.0496. The molecule has 18 heavy (non-hydrogen) atoms. The minimum atomic E-state index is 0.605. The molecule has 4 nitrogen and oxygen atoms in total. The third-order valence-electron chi connectivity index (χ3n) is 3.78. The van der Waals surface area contributed by atoms with Crippen molar-refractivity contribution in [2.45, 2.75) is 39.3 Å². The standard InChI is InChI=1S/C14H30N2O2/c1-12(2)14-11-16(13(3)5-6-15-14)7-8-18-10-9-17-4/h12-15H,5-11H2,1-4H3. The van der Waals surface area contributed by atoms with E-state index in [-0.39, 0.29) is 0 Å². The molecule has 1 heterocycles. The molecule has 1 saturated heterocycles. The minimum absolute atomic E-state index is 0.605. The molecule has 1 N–H and O–H groups in total. The van der Waals surface area contributed by atoms with Crippen molar-refractivity contribution in [3.8, 4) is 0 Å². The number of hydrogen-bond acceptors (Lipinski definition) is 4. The van der Waals surface area contributed by atoms with Gasteiger partial charge < -0.3 is 14.8 Å². The summed E-state index contributed by atoms with van der Waals surface area (Å²) in [7, 11) is 1.71. The van der Waals surface area contributed by atoms with Gasteiger partial charge in [0, 0.05) is 32.3 Å². The molecule has 0 spiro atoms. The van der Waals surface area contributed by atoms with Crippen molar-refractivity contribution in [2.24, 2.45) is 5.92 Å². The van der Waals surface area contributed by atoms with E-state index in [2.05, 4.69) is 31.0 Å². The summed E-state index contributed by atoms with van der Waals surface area (Å²) in [5, 5.41) is 3.65. The highest BCUT2D eigenvalue weighted by atomic mass is 16.5. The highest BCUT2D eigenvalue weighted by Crippen LogP contribution is 2.13. The Balaban J connectivity index is 2.30. The maximum atomic E-state index is 5.57. The quantitative estimate of drug-likeness (QED) is 0.699. The van der Waals surface area contributed by atoms with Crippen LogP contribution in [0.25, 0.3) is 0 Å². The molecule has 2 atom stereocenters. The number of rotatable bonds is 7. The van der Waals surface area contributed by atoms with Crippen LogP contribution in [-0.2, 0) is 9.47 Å². The van der Waals surface area contributed by atoms with E-state index in [4.69, 9.17) is 9.47 Å². The van der Waals surface area contributed by atoms with Crippen LogP contribution in [0.5, 0.6) is 0 Å². The highest BCUT2D eigenvalue weighted by Gasteiger charge is 2.24. The maximum absolute atomic E-state index is 5.57. The van der Waals surface area contributed by atoms with E-state index in [1.807, 2.05) is 0 Å². The summed E-state index contributed by atoms with van der Waals surface area (Å²) in [6.45, 7) is 12.4. The second-order valence-corrected chi connectivity index (χ2v) is 5.54. The minimum Gasteiger partial charge on any atom is -0.382 e. The Bertz CT molecular complexity index is 212. The first kappa shape index (κ1) is 15.9. The van der Waals surface area contributed by atoms with Gasteiger partial charge in [0.15, 0.2) is 0 Å². The first-order chi connectivity index (χ1) is 8.65. The summed E-state index contributed by atoms with van der Waals surface area (Å²) in [6.07, 6.45) is 1.22. The number of methoxy groups -OCH3 is 1. The van der Waals surface area contributed by atoms with Gasteiger partial charge in [-0.1, -0.05) is 13.8 Å². The summed E-state index contributed by atoms with van der Waals surface area (Å²) in [6, 6.07) is 1.25. The van der Waals surface area contributed by atoms with Gasteiger partial charge in [-0.15, -0.1) is 0 Å². The first-order valence-corrected chi connectivity index (χ1v) is 7.19. The summed E-state index contributed by atoms with van der Waals surface area (Å²) in [5.41, 5.74) is 0. The monoisotopic (exact) mass is 258 g/mol. The van der Waals surface area contributed by atoms with Crippen LogP contribution in [0.1, 0.15) is 27.2 Å². The van der Waals surface area contributed by atoms with Gasteiger partial charge in [-0.05, 0) is 25.8 Å². The molecule has 0 radical (unpaired) electrons. The SMILES string of the molecule is COCCOCCN1CC(C(C)C)NCCC1C. The van der Waals surface area contributed by atoms with Crippen molar-refractivity contribution in [3.05, 3.63) is 0 Å². The summed E-state index contributed by atoms with van der Waals surface area (Å²) >= 11 is 0. The fraction of sp³-hybridized carbons (Fsp3) is 1.00. The zero-order valence-corrected chi connectivity index (χ0v) is 12.4. The maximum Gasteiger partial charge on any atom is 0.0700 e. The van der Waals surface area contributed by atoms with E-state index < -0.39 is 0 Å². The Kier molecular flexibility index (Phi) is 7.82. The van der Waals surface area contributed by atoms with Crippen LogP contribution >= 0.6 is 0 Å². The molecule has 0 aromatic carbocycles. The molecular weight excluding hydrogens is 228 g/mol. The molecule has 1 aliphatic heterocycles. The molecule has 4 heteroatoms. The van der Waals surface area contributed by atoms with Crippen LogP contribution in [0.4, 0.5) is 0 Å². The van der Waals surface area contributed by atoms with Crippen LogP contribution in [0.15, 0.2) is 0 Å². The fourth-order valence-corrected chi connectivity index (χ4v) is 2.34. The third kappa shape index (κ3) is 5.65. The van der Waals surface area contributed by atoms with Crippen molar-refractivity contribution in [2.75, 3.05) is 46.6 Å². The van der Waals surface area contributed by atoms with Crippen LogP contribution < -0.4 is 5.32 Å². The molecule has 0 bridgehead atoms. The molecule has 0 saturated carbocycles. The van der Waals surface area contributed by atoms with E-state index in [0.29, 0.717) is 31.2 Å². The Morgan fingerprint density at radius 1 is 1.28 bits per heavy atom. The summed E-state index contributed by atoms with van der Waals surface area (Å²) < 4.78 is 10.5. The molecule has 0 aromatic rings. The van der Waals surface area contributed by atoms with Gasteiger partial charge in [0.25, 0.3) is 0 Å². The zero-order valence-electron chi connectivity index (χ0n) is 12.4.